The quantitative estimate of drug-likeness (QED) is 0.360. The Labute approximate surface area is 201 Å². The Morgan fingerprint density at radius 1 is 1.12 bits per heavy atom. The zero-order valence-corrected chi connectivity index (χ0v) is 21.2. The van der Waals surface area contributed by atoms with E-state index in [0.29, 0.717) is 22.9 Å². The highest BCUT2D eigenvalue weighted by atomic mass is 16.7. The van der Waals surface area contributed by atoms with Gasteiger partial charge in [-0.05, 0) is 112 Å². The average Bonchev–Trinajstić information content (AvgIpc) is 3.17. The first-order chi connectivity index (χ1) is 16.0. The van der Waals surface area contributed by atoms with E-state index in [9.17, 15) is 0 Å². The average molecular weight is 455 g/mol. The zero-order chi connectivity index (χ0) is 23.1. The highest BCUT2D eigenvalue weighted by molar-refractivity contribution is 5.27. The van der Waals surface area contributed by atoms with E-state index < -0.39 is 0 Å². The van der Waals surface area contributed by atoms with Crippen LogP contribution in [0.25, 0.3) is 0 Å². The van der Waals surface area contributed by atoms with Crippen LogP contribution in [-0.2, 0) is 9.47 Å². The van der Waals surface area contributed by atoms with Gasteiger partial charge in [0.15, 0.2) is 6.29 Å². The molecule has 5 aliphatic rings. The number of rotatable bonds is 5. The molecule has 3 nitrogen and oxygen atoms in total. The molecule has 0 aromatic carbocycles. The normalized spacial score (nSPS) is 45.9. The van der Waals surface area contributed by atoms with Crippen LogP contribution in [0.3, 0.4) is 0 Å². The number of fused-ring (bicyclic) bond motifs is 5. The number of hydrogen-bond acceptors (Lipinski definition) is 3. The minimum absolute atomic E-state index is 0.0411. The molecular formula is C30H46O3. The molecule has 1 saturated heterocycles. The molecule has 1 heterocycles. The van der Waals surface area contributed by atoms with Gasteiger partial charge in [0.05, 0.1) is 12.7 Å². The van der Waals surface area contributed by atoms with Gasteiger partial charge in [-0.25, -0.2) is 0 Å². The van der Waals surface area contributed by atoms with Gasteiger partial charge in [0, 0.05) is 6.61 Å². The lowest BCUT2D eigenvalue weighted by Crippen LogP contribution is -2.50. The van der Waals surface area contributed by atoms with E-state index in [4.69, 9.17) is 14.6 Å². The molecule has 3 saturated carbocycles. The van der Waals surface area contributed by atoms with E-state index in [1.165, 1.54) is 63.4 Å². The lowest BCUT2D eigenvalue weighted by Gasteiger charge is -2.58. The van der Waals surface area contributed by atoms with E-state index in [1.54, 1.807) is 5.57 Å². The van der Waals surface area contributed by atoms with Crippen LogP contribution >= 0.6 is 0 Å². The van der Waals surface area contributed by atoms with E-state index >= 15 is 0 Å². The minimum atomic E-state index is 0.0411. The maximum atomic E-state index is 9.09. The van der Waals surface area contributed by atoms with Gasteiger partial charge < -0.3 is 14.6 Å². The van der Waals surface area contributed by atoms with Crippen LogP contribution in [0.1, 0.15) is 91.4 Å². The summed E-state index contributed by atoms with van der Waals surface area (Å²) in [7, 11) is 0. The third-order valence-electron chi connectivity index (χ3n) is 10.7. The molecule has 1 aliphatic heterocycles. The lowest BCUT2D eigenvalue weighted by atomic mass is 9.47. The summed E-state index contributed by atoms with van der Waals surface area (Å²) in [6, 6.07) is 0. The topological polar surface area (TPSA) is 38.7 Å². The SMILES string of the molecule is C/C(=C\C=C\CO)[C@H]1CC[C@H]2[C@@H]3CC=C4C[C@@H](OC5CCCCO5)CC[C@]4(C)[C@H]3CC[C@]12C. The fourth-order valence-electron chi connectivity index (χ4n) is 8.92. The molecule has 0 aromatic rings. The van der Waals surface area contributed by atoms with E-state index in [0.717, 1.165) is 37.2 Å². The van der Waals surface area contributed by atoms with Crippen molar-refractivity contribution in [1.29, 1.82) is 0 Å². The van der Waals surface area contributed by atoms with Crippen molar-refractivity contribution in [3.8, 4) is 0 Å². The summed E-state index contributed by atoms with van der Waals surface area (Å²) < 4.78 is 12.3. The molecule has 3 heteroatoms. The summed E-state index contributed by atoms with van der Waals surface area (Å²) >= 11 is 0. The second kappa shape index (κ2) is 9.63. The zero-order valence-electron chi connectivity index (χ0n) is 21.2. The number of ether oxygens (including phenoxy) is 2. The summed E-state index contributed by atoms with van der Waals surface area (Å²) in [5.41, 5.74) is 4.04. The number of aliphatic hydroxyl groups excluding tert-OH is 1. The molecule has 1 unspecified atom stereocenters. The first-order valence-electron chi connectivity index (χ1n) is 13.9. The van der Waals surface area contributed by atoms with Crippen molar-refractivity contribution in [2.45, 2.75) is 104 Å². The molecule has 33 heavy (non-hydrogen) atoms. The predicted octanol–water partition coefficient (Wildman–Crippen LogP) is 6.97. The Bertz CT molecular complexity index is 790. The Hall–Kier alpha value is -0.900. The highest BCUT2D eigenvalue weighted by Crippen LogP contribution is 2.67. The molecule has 8 atom stereocenters. The van der Waals surface area contributed by atoms with Gasteiger partial charge >= 0.3 is 0 Å². The van der Waals surface area contributed by atoms with Crippen LogP contribution in [0, 0.1) is 34.5 Å². The van der Waals surface area contributed by atoms with Gasteiger partial charge in [-0.15, -0.1) is 0 Å². The van der Waals surface area contributed by atoms with Crippen LogP contribution in [-0.4, -0.2) is 30.7 Å². The van der Waals surface area contributed by atoms with Crippen molar-refractivity contribution in [3.05, 3.63) is 35.5 Å². The van der Waals surface area contributed by atoms with Crippen molar-refractivity contribution in [1.82, 2.24) is 0 Å². The molecule has 0 amide bonds. The Morgan fingerprint density at radius 3 is 2.79 bits per heavy atom. The van der Waals surface area contributed by atoms with Gasteiger partial charge in [-0.3, -0.25) is 0 Å². The van der Waals surface area contributed by atoms with Gasteiger partial charge in [0.25, 0.3) is 0 Å². The molecule has 1 N–H and O–H groups in total. The molecule has 0 spiro atoms. The number of hydrogen-bond donors (Lipinski definition) is 1. The molecule has 4 fully saturated rings. The first-order valence-corrected chi connectivity index (χ1v) is 13.9. The van der Waals surface area contributed by atoms with Crippen molar-refractivity contribution < 1.29 is 14.6 Å². The van der Waals surface area contributed by atoms with Crippen LogP contribution < -0.4 is 0 Å². The third kappa shape index (κ3) is 4.32. The molecule has 184 valence electrons. The molecule has 4 aliphatic carbocycles. The summed E-state index contributed by atoms with van der Waals surface area (Å²) in [6.45, 7) is 8.53. The van der Waals surface area contributed by atoms with Crippen LogP contribution in [0.2, 0.25) is 0 Å². The molecule has 0 aromatic heterocycles. The number of allylic oxidation sites excluding steroid dienone is 4. The van der Waals surface area contributed by atoms with Crippen molar-refractivity contribution >= 4 is 0 Å². The molecule has 0 radical (unpaired) electrons. The Balaban J connectivity index is 1.30. The molecular weight excluding hydrogens is 408 g/mol. The summed E-state index contributed by atoms with van der Waals surface area (Å²) in [4.78, 5) is 0. The van der Waals surface area contributed by atoms with E-state index in [-0.39, 0.29) is 12.9 Å². The lowest BCUT2D eigenvalue weighted by molar-refractivity contribution is -0.195. The second-order valence-corrected chi connectivity index (χ2v) is 12.3. The van der Waals surface area contributed by atoms with Crippen LogP contribution in [0.4, 0.5) is 0 Å². The van der Waals surface area contributed by atoms with Gasteiger partial charge in [-0.1, -0.05) is 49.3 Å². The summed E-state index contributed by atoms with van der Waals surface area (Å²) in [5.74, 6) is 3.25. The fraction of sp³-hybridized carbons (Fsp3) is 0.800. The number of aliphatic hydroxyl groups is 1. The van der Waals surface area contributed by atoms with Crippen molar-refractivity contribution in [2.75, 3.05) is 13.2 Å². The third-order valence-corrected chi connectivity index (χ3v) is 10.7. The second-order valence-electron chi connectivity index (χ2n) is 12.3. The van der Waals surface area contributed by atoms with Crippen LogP contribution in [0.5, 0.6) is 0 Å². The Kier molecular flexibility index (Phi) is 6.95. The maximum Gasteiger partial charge on any atom is 0.157 e. The summed E-state index contributed by atoms with van der Waals surface area (Å²) in [5, 5.41) is 9.09. The van der Waals surface area contributed by atoms with Crippen molar-refractivity contribution in [2.24, 2.45) is 34.5 Å². The smallest absolute Gasteiger partial charge is 0.157 e. The monoisotopic (exact) mass is 454 g/mol. The van der Waals surface area contributed by atoms with Crippen LogP contribution in [0.15, 0.2) is 35.5 Å². The molecule has 5 rings (SSSR count). The standard InChI is InChI=1S/C30H46O3/c1-21(8-4-6-18-31)25-12-13-26-24-11-10-22-20-23(33-28-9-5-7-19-32-28)14-16-29(22,2)27(24)15-17-30(25,26)3/h4,6,8,10,23-28,31H,5,7,9,11-20H2,1-3H3/b6-4+,21-8+/t23-,24-,25+,26-,27-,28?,29-,30+/m0/s1. The molecule has 0 bridgehead atoms. The summed E-state index contributed by atoms with van der Waals surface area (Å²) in [6.07, 6.45) is 23.1. The van der Waals surface area contributed by atoms with Gasteiger partial charge in [-0.2, -0.15) is 0 Å². The minimum Gasteiger partial charge on any atom is -0.392 e. The van der Waals surface area contributed by atoms with Crippen molar-refractivity contribution in [3.63, 3.8) is 0 Å². The van der Waals surface area contributed by atoms with Gasteiger partial charge in [0.2, 0.25) is 0 Å². The highest BCUT2D eigenvalue weighted by Gasteiger charge is 2.58. The van der Waals surface area contributed by atoms with E-state index in [2.05, 4.69) is 32.9 Å². The Morgan fingerprint density at radius 2 is 2.00 bits per heavy atom. The fourth-order valence-corrected chi connectivity index (χ4v) is 8.92. The van der Waals surface area contributed by atoms with Gasteiger partial charge in [0.1, 0.15) is 0 Å². The maximum absolute atomic E-state index is 9.09. The predicted molar refractivity (Wildman–Crippen MR) is 134 cm³/mol. The first kappa shape index (κ1) is 23.8. The largest absolute Gasteiger partial charge is 0.392 e. The van der Waals surface area contributed by atoms with E-state index in [1.807, 2.05) is 12.2 Å².